The number of nitrogens with zero attached hydrogens (tertiary/aromatic N) is 2. The van der Waals surface area contributed by atoms with Crippen LogP contribution < -0.4 is 11.1 Å². The topological polar surface area (TPSA) is 124 Å². The number of hydrogen-bond donors (Lipinski definition) is 2. The molecule has 8 nitrogen and oxygen atoms in total. The summed E-state index contributed by atoms with van der Waals surface area (Å²) >= 11 is 0. The fourth-order valence-corrected chi connectivity index (χ4v) is 2.10. The van der Waals surface area contributed by atoms with Crippen molar-refractivity contribution in [3.05, 3.63) is 53.7 Å². The Morgan fingerprint density at radius 3 is 2.54 bits per heavy atom. The Morgan fingerprint density at radius 1 is 1.23 bits per heavy atom. The van der Waals surface area contributed by atoms with Gasteiger partial charge < -0.3 is 10.5 Å². The molecule has 0 aliphatic rings. The van der Waals surface area contributed by atoms with Crippen molar-refractivity contribution in [2.24, 2.45) is 5.73 Å². The summed E-state index contributed by atoms with van der Waals surface area (Å²) in [5.41, 5.74) is 6.31. The highest BCUT2D eigenvalue weighted by atomic mass is 16.5. The average molecular weight is 354 g/mol. The van der Waals surface area contributed by atoms with Gasteiger partial charge in [-0.3, -0.25) is 14.9 Å². The van der Waals surface area contributed by atoms with Crippen molar-refractivity contribution in [2.45, 2.75) is 13.8 Å². The van der Waals surface area contributed by atoms with Crippen LogP contribution in [0.15, 0.2) is 48.2 Å². The Hall–Kier alpha value is -3.55. The van der Waals surface area contributed by atoms with Crippen LogP contribution in [0.3, 0.4) is 0 Å². The number of carbonyl (C=O) groups excluding carboxylic acids is 3. The van der Waals surface area contributed by atoms with Gasteiger partial charge in [-0.2, -0.15) is 0 Å². The van der Waals surface area contributed by atoms with Crippen molar-refractivity contribution >= 4 is 23.7 Å². The monoisotopic (exact) mass is 354 g/mol. The van der Waals surface area contributed by atoms with Crippen LogP contribution in [0.1, 0.15) is 24.2 Å². The Balaban J connectivity index is 2.40. The molecule has 0 aliphatic carbocycles. The molecule has 1 aromatic heterocycles. The van der Waals surface area contributed by atoms with Crippen molar-refractivity contribution in [1.29, 1.82) is 0 Å². The smallest absolute Gasteiger partial charge is 0.341 e. The Labute approximate surface area is 150 Å². The predicted octanol–water partition coefficient (Wildman–Crippen LogP) is 1.69. The second-order valence-electron chi connectivity index (χ2n) is 5.23. The van der Waals surface area contributed by atoms with Gasteiger partial charge in [0.15, 0.2) is 0 Å². The van der Waals surface area contributed by atoms with E-state index in [9.17, 15) is 14.4 Å². The van der Waals surface area contributed by atoms with E-state index in [-0.39, 0.29) is 23.7 Å². The molecule has 1 aromatic carbocycles. The normalized spacial score (nSPS) is 10.9. The van der Waals surface area contributed by atoms with Crippen LogP contribution in [0.5, 0.6) is 0 Å². The zero-order valence-corrected chi connectivity index (χ0v) is 14.4. The van der Waals surface area contributed by atoms with Gasteiger partial charge in [-0.15, -0.1) is 0 Å². The van der Waals surface area contributed by atoms with Gasteiger partial charge in [0.05, 0.1) is 12.3 Å². The molecule has 134 valence electrons. The van der Waals surface area contributed by atoms with Crippen molar-refractivity contribution in [3.8, 4) is 11.3 Å². The van der Waals surface area contributed by atoms with Crippen molar-refractivity contribution in [2.75, 3.05) is 11.9 Å². The molecule has 2 rings (SSSR count). The van der Waals surface area contributed by atoms with Crippen LogP contribution in [-0.2, 0) is 14.3 Å². The molecule has 0 saturated carbocycles. The second-order valence-corrected chi connectivity index (χ2v) is 5.23. The number of nitrogens with two attached hydrogens (primary N) is 1. The minimum atomic E-state index is -0.735. The highest BCUT2D eigenvalue weighted by Gasteiger charge is 2.18. The van der Waals surface area contributed by atoms with Crippen LogP contribution in [0.2, 0.25) is 0 Å². The molecular weight excluding hydrogens is 336 g/mol. The number of amides is 2. The molecule has 2 aromatic rings. The van der Waals surface area contributed by atoms with Crippen LogP contribution in [0.25, 0.3) is 11.3 Å². The Kier molecular flexibility index (Phi) is 6.15. The molecule has 3 N–H and O–H groups in total. The number of primary amides is 1. The van der Waals surface area contributed by atoms with Gasteiger partial charge in [0.25, 0.3) is 5.91 Å². The SMILES string of the molecule is CCOC(=O)c1cnc(NC(=O)/C(C)=C\C(N)=O)nc1-c1ccccc1. The second kappa shape index (κ2) is 8.52. The minimum absolute atomic E-state index is 0.0147. The lowest BCUT2D eigenvalue weighted by atomic mass is 10.1. The molecule has 0 aliphatic heterocycles. The van der Waals surface area contributed by atoms with Crippen LogP contribution in [0, 0.1) is 0 Å². The fourth-order valence-electron chi connectivity index (χ4n) is 2.10. The van der Waals surface area contributed by atoms with E-state index in [4.69, 9.17) is 10.5 Å². The zero-order valence-electron chi connectivity index (χ0n) is 14.4. The number of esters is 1. The molecule has 0 unspecified atom stereocenters. The molecule has 26 heavy (non-hydrogen) atoms. The number of carbonyl (C=O) groups is 3. The first-order chi connectivity index (χ1) is 12.4. The van der Waals surface area contributed by atoms with Gasteiger partial charge in [0.1, 0.15) is 5.56 Å². The molecule has 2 amide bonds. The maximum atomic E-state index is 12.2. The highest BCUT2D eigenvalue weighted by Crippen LogP contribution is 2.23. The summed E-state index contributed by atoms with van der Waals surface area (Å²) in [7, 11) is 0. The number of anilines is 1. The molecule has 0 saturated heterocycles. The maximum absolute atomic E-state index is 12.2. The number of hydrogen-bond acceptors (Lipinski definition) is 6. The molecular formula is C18H18N4O4. The van der Waals surface area contributed by atoms with Gasteiger partial charge in [-0.1, -0.05) is 30.3 Å². The summed E-state index contributed by atoms with van der Waals surface area (Å²) in [5.74, 6) is -1.89. The van der Waals surface area contributed by atoms with E-state index in [1.165, 1.54) is 13.1 Å². The third-order valence-corrected chi connectivity index (χ3v) is 3.27. The van der Waals surface area contributed by atoms with Gasteiger partial charge >= 0.3 is 5.97 Å². The lowest BCUT2D eigenvalue weighted by Crippen LogP contribution is -2.18. The molecule has 0 bridgehead atoms. The van der Waals surface area contributed by atoms with E-state index in [0.29, 0.717) is 11.3 Å². The zero-order chi connectivity index (χ0) is 19.1. The first kappa shape index (κ1) is 18.8. The quantitative estimate of drug-likeness (QED) is 0.601. The lowest BCUT2D eigenvalue weighted by molar-refractivity contribution is -0.115. The van der Waals surface area contributed by atoms with Gasteiger partial charge in [0, 0.05) is 23.4 Å². The van der Waals surface area contributed by atoms with E-state index < -0.39 is 17.8 Å². The first-order valence-electron chi connectivity index (χ1n) is 7.81. The van der Waals surface area contributed by atoms with Crippen molar-refractivity contribution < 1.29 is 19.1 Å². The van der Waals surface area contributed by atoms with Crippen molar-refractivity contribution in [1.82, 2.24) is 9.97 Å². The number of ether oxygens (including phenoxy) is 1. The molecule has 1 heterocycles. The highest BCUT2D eigenvalue weighted by molar-refractivity contribution is 6.06. The summed E-state index contributed by atoms with van der Waals surface area (Å²) in [6.45, 7) is 3.34. The Morgan fingerprint density at radius 2 is 1.92 bits per heavy atom. The van der Waals surface area contributed by atoms with E-state index >= 15 is 0 Å². The number of rotatable bonds is 6. The van der Waals surface area contributed by atoms with Crippen LogP contribution >= 0.6 is 0 Å². The molecule has 0 spiro atoms. The molecule has 0 radical (unpaired) electrons. The molecule has 0 atom stereocenters. The van der Waals surface area contributed by atoms with Gasteiger partial charge in [-0.25, -0.2) is 14.8 Å². The third-order valence-electron chi connectivity index (χ3n) is 3.27. The van der Waals surface area contributed by atoms with E-state index in [2.05, 4.69) is 15.3 Å². The van der Waals surface area contributed by atoms with Gasteiger partial charge in [0.2, 0.25) is 11.9 Å². The summed E-state index contributed by atoms with van der Waals surface area (Å²) in [4.78, 5) is 43.3. The van der Waals surface area contributed by atoms with E-state index in [0.717, 1.165) is 6.08 Å². The number of benzene rings is 1. The summed E-state index contributed by atoms with van der Waals surface area (Å²) in [6, 6.07) is 8.97. The van der Waals surface area contributed by atoms with Crippen molar-refractivity contribution in [3.63, 3.8) is 0 Å². The minimum Gasteiger partial charge on any atom is -0.462 e. The summed E-state index contributed by atoms with van der Waals surface area (Å²) in [5, 5.41) is 2.47. The number of aromatic nitrogens is 2. The molecule has 8 heteroatoms. The maximum Gasteiger partial charge on any atom is 0.341 e. The predicted molar refractivity (Wildman–Crippen MR) is 95.0 cm³/mol. The average Bonchev–Trinajstić information content (AvgIpc) is 2.62. The van der Waals surface area contributed by atoms with E-state index in [1.807, 2.05) is 6.07 Å². The summed E-state index contributed by atoms with van der Waals surface area (Å²) in [6.07, 6.45) is 2.29. The first-order valence-corrected chi connectivity index (χ1v) is 7.81. The summed E-state index contributed by atoms with van der Waals surface area (Å²) < 4.78 is 5.03. The van der Waals surface area contributed by atoms with Crippen LogP contribution in [-0.4, -0.2) is 34.4 Å². The van der Waals surface area contributed by atoms with Gasteiger partial charge in [-0.05, 0) is 13.8 Å². The Bertz CT molecular complexity index is 863. The van der Waals surface area contributed by atoms with Crippen LogP contribution in [0.4, 0.5) is 5.95 Å². The fraction of sp³-hybridized carbons (Fsp3) is 0.167. The largest absolute Gasteiger partial charge is 0.462 e. The standard InChI is InChI=1S/C18H18N4O4/c1-3-26-17(25)13-10-20-18(22-16(24)11(2)9-14(19)23)21-15(13)12-7-5-4-6-8-12/h4-10H,3H2,1-2H3,(H2,19,23)(H,20,21,22,24)/b11-9-. The number of nitrogens with one attached hydrogen (secondary N) is 1. The van der Waals surface area contributed by atoms with E-state index in [1.54, 1.807) is 31.2 Å². The third kappa shape index (κ3) is 4.73. The molecule has 0 fully saturated rings. The lowest BCUT2D eigenvalue weighted by Gasteiger charge is -2.10.